The lowest BCUT2D eigenvalue weighted by atomic mass is 9.77. The van der Waals surface area contributed by atoms with E-state index in [1.165, 1.54) is 40.7 Å². The predicted molar refractivity (Wildman–Crippen MR) is 110 cm³/mol. The number of benzene rings is 2. The molecule has 1 aliphatic carbocycles. The van der Waals surface area contributed by atoms with E-state index in [9.17, 15) is 0 Å². The van der Waals surface area contributed by atoms with E-state index in [0.717, 1.165) is 12.8 Å². The summed E-state index contributed by atoms with van der Waals surface area (Å²) >= 11 is 0. The van der Waals surface area contributed by atoms with Crippen LogP contribution in [0.25, 0.3) is 11.1 Å². The molecule has 130 valence electrons. The van der Waals surface area contributed by atoms with Crippen molar-refractivity contribution in [1.29, 1.82) is 0 Å². The van der Waals surface area contributed by atoms with E-state index >= 15 is 0 Å². The second-order valence-electron chi connectivity index (χ2n) is 7.21. The minimum Gasteiger partial charge on any atom is -0.0839 e. The van der Waals surface area contributed by atoms with Gasteiger partial charge in [0.15, 0.2) is 0 Å². The fourth-order valence-corrected chi connectivity index (χ4v) is 4.13. The highest BCUT2D eigenvalue weighted by Crippen LogP contribution is 2.40. The van der Waals surface area contributed by atoms with E-state index in [0.29, 0.717) is 11.8 Å². The van der Waals surface area contributed by atoms with Gasteiger partial charge >= 0.3 is 0 Å². The van der Waals surface area contributed by atoms with Crippen molar-refractivity contribution in [2.24, 2.45) is 5.92 Å². The van der Waals surface area contributed by atoms with Crippen LogP contribution >= 0.6 is 0 Å². The molecule has 0 heteroatoms. The summed E-state index contributed by atoms with van der Waals surface area (Å²) in [5.74, 6) is 1.18. The first kappa shape index (κ1) is 17.7. The topological polar surface area (TPSA) is 0 Å². The zero-order valence-corrected chi connectivity index (χ0v) is 15.8. The zero-order chi connectivity index (χ0) is 17.6. The van der Waals surface area contributed by atoms with Gasteiger partial charge in [0.05, 0.1) is 0 Å². The Kier molecular flexibility index (Phi) is 5.91. The Balaban J connectivity index is 2.10. The van der Waals surface area contributed by atoms with Crippen molar-refractivity contribution in [3.63, 3.8) is 0 Å². The average Bonchev–Trinajstić information content (AvgIpc) is 2.65. The van der Waals surface area contributed by atoms with E-state index in [-0.39, 0.29) is 0 Å². The Labute approximate surface area is 153 Å². The highest BCUT2D eigenvalue weighted by Gasteiger charge is 2.23. The summed E-state index contributed by atoms with van der Waals surface area (Å²) in [6, 6.07) is 16.0. The highest BCUT2D eigenvalue weighted by atomic mass is 14.3. The molecule has 0 aromatic heterocycles. The average molecular weight is 331 g/mol. The molecular formula is C25H30. The van der Waals surface area contributed by atoms with E-state index in [2.05, 4.69) is 87.5 Å². The summed E-state index contributed by atoms with van der Waals surface area (Å²) in [6.45, 7) is 6.82. The Morgan fingerprint density at radius 1 is 1.00 bits per heavy atom. The molecule has 0 aliphatic heterocycles. The van der Waals surface area contributed by atoms with Crippen LogP contribution < -0.4 is 0 Å². The standard InChI is InChI=1S/C25H30/c1-4-11-20-16-17-24(22(5-2)21-13-7-6-8-14-21)25(18-20)23-15-10-9-12-19(23)3/h6-10,12-13,15-18,21-22H,4-5,11,14H2,1-3H3. The zero-order valence-electron chi connectivity index (χ0n) is 15.8. The van der Waals surface area contributed by atoms with Crippen molar-refractivity contribution in [2.75, 3.05) is 0 Å². The van der Waals surface area contributed by atoms with Gasteiger partial charge in [-0.15, -0.1) is 0 Å². The van der Waals surface area contributed by atoms with Crippen LogP contribution in [0.15, 0.2) is 66.8 Å². The maximum Gasteiger partial charge on any atom is -0.00924 e. The summed E-state index contributed by atoms with van der Waals surface area (Å²) in [6.07, 6.45) is 13.8. The third-order valence-electron chi connectivity index (χ3n) is 5.46. The van der Waals surface area contributed by atoms with Crippen LogP contribution in [-0.4, -0.2) is 0 Å². The number of hydrogen-bond donors (Lipinski definition) is 0. The van der Waals surface area contributed by atoms with Gasteiger partial charge in [0.25, 0.3) is 0 Å². The van der Waals surface area contributed by atoms with Crippen molar-refractivity contribution < 1.29 is 0 Å². The molecule has 0 radical (unpaired) electrons. The first-order valence-electron chi connectivity index (χ1n) is 9.76. The van der Waals surface area contributed by atoms with Crippen LogP contribution in [0, 0.1) is 12.8 Å². The van der Waals surface area contributed by atoms with Gasteiger partial charge in [0.2, 0.25) is 0 Å². The molecule has 2 unspecified atom stereocenters. The molecule has 2 atom stereocenters. The van der Waals surface area contributed by atoms with Crippen LogP contribution in [0.4, 0.5) is 0 Å². The van der Waals surface area contributed by atoms with Gasteiger partial charge in [-0.25, -0.2) is 0 Å². The molecule has 0 saturated heterocycles. The van der Waals surface area contributed by atoms with E-state index in [4.69, 9.17) is 0 Å². The molecule has 2 aromatic rings. The monoisotopic (exact) mass is 330 g/mol. The van der Waals surface area contributed by atoms with Gasteiger partial charge in [-0.2, -0.15) is 0 Å². The fourth-order valence-electron chi connectivity index (χ4n) is 4.13. The Bertz CT molecular complexity index is 763. The second-order valence-corrected chi connectivity index (χ2v) is 7.21. The Morgan fingerprint density at radius 2 is 1.84 bits per heavy atom. The van der Waals surface area contributed by atoms with Crippen LogP contribution in [0.5, 0.6) is 0 Å². The number of rotatable bonds is 6. The van der Waals surface area contributed by atoms with Crippen LogP contribution in [-0.2, 0) is 6.42 Å². The molecule has 0 N–H and O–H groups in total. The molecule has 3 rings (SSSR count). The van der Waals surface area contributed by atoms with Crippen molar-refractivity contribution >= 4 is 0 Å². The number of allylic oxidation sites excluding steroid dienone is 4. The summed E-state index contributed by atoms with van der Waals surface area (Å²) in [4.78, 5) is 0. The van der Waals surface area contributed by atoms with E-state index in [1.807, 2.05) is 0 Å². The van der Waals surface area contributed by atoms with Crippen LogP contribution in [0.3, 0.4) is 0 Å². The number of hydrogen-bond acceptors (Lipinski definition) is 0. The maximum absolute atomic E-state index is 2.45. The fraction of sp³-hybridized carbons (Fsp3) is 0.360. The smallest absolute Gasteiger partial charge is 0.00924 e. The minimum atomic E-state index is 0.575. The molecule has 1 aliphatic rings. The molecule has 0 heterocycles. The summed E-state index contributed by atoms with van der Waals surface area (Å²) in [7, 11) is 0. The minimum absolute atomic E-state index is 0.575. The third kappa shape index (κ3) is 3.95. The summed E-state index contributed by atoms with van der Waals surface area (Å²) < 4.78 is 0. The maximum atomic E-state index is 2.45. The summed E-state index contributed by atoms with van der Waals surface area (Å²) in [5.41, 5.74) is 7.18. The lowest BCUT2D eigenvalue weighted by Gasteiger charge is -2.27. The molecule has 0 bridgehead atoms. The molecule has 0 fully saturated rings. The van der Waals surface area contributed by atoms with E-state index in [1.54, 1.807) is 0 Å². The quantitative estimate of drug-likeness (QED) is 0.523. The van der Waals surface area contributed by atoms with Crippen LogP contribution in [0.2, 0.25) is 0 Å². The first-order chi connectivity index (χ1) is 12.2. The third-order valence-corrected chi connectivity index (χ3v) is 5.46. The predicted octanol–water partition coefficient (Wildman–Crippen LogP) is 7.24. The van der Waals surface area contributed by atoms with Crippen molar-refractivity contribution in [1.82, 2.24) is 0 Å². The number of aryl methyl sites for hydroxylation is 2. The van der Waals surface area contributed by atoms with Crippen molar-refractivity contribution in [3.05, 3.63) is 83.5 Å². The lowest BCUT2D eigenvalue weighted by Crippen LogP contribution is -2.12. The van der Waals surface area contributed by atoms with Crippen molar-refractivity contribution in [2.45, 2.75) is 52.4 Å². The Hall–Kier alpha value is -2.08. The molecule has 0 spiro atoms. The van der Waals surface area contributed by atoms with Gasteiger partial charge in [-0.1, -0.05) is 87.0 Å². The largest absolute Gasteiger partial charge is 0.0839 e. The normalized spacial score (nSPS) is 17.6. The van der Waals surface area contributed by atoms with Crippen molar-refractivity contribution in [3.8, 4) is 11.1 Å². The second kappa shape index (κ2) is 8.34. The molecule has 0 saturated carbocycles. The molecule has 0 nitrogen and oxygen atoms in total. The molecule has 25 heavy (non-hydrogen) atoms. The van der Waals surface area contributed by atoms with Gasteiger partial charge in [0, 0.05) is 0 Å². The molecule has 2 aromatic carbocycles. The van der Waals surface area contributed by atoms with Gasteiger partial charge in [0.1, 0.15) is 0 Å². The van der Waals surface area contributed by atoms with Gasteiger partial charge in [-0.3, -0.25) is 0 Å². The van der Waals surface area contributed by atoms with Gasteiger partial charge < -0.3 is 0 Å². The first-order valence-corrected chi connectivity index (χ1v) is 9.76. The molecular weight excluding hydrogens is 300 g/mol. The SMILES string of the molecule is CCCc1ccc(C(CC)C2C=CC=CC2)c(-c2ccccc2C)c1. The van der Waals surface area contributed by atoms with Crippen LogP contribution in [0.1, 0.15) is 55.7 Å². The van der Waals surface area contributed by atoms with E-state index < -0.39 is 0 Å². The van der Waals surface area contributed by atoms with Gasteiger partial charge in [-0.05, 0) is 65.8 Å². The Morgan fingerprint density at radius 3 is 2.52 bits per heavy atom. The highest BCUT2D eigenvalue weighted by molar-refractivity contribution is 5.72. The summed E-state index contributed by atoms with van der Waals surface area (Å²) in [5, 5.41) is 0. The molecule has 0 amide bonds. The lowest BCUT2D eigenvalue weighted by molar-refractivity contribution is 0.495.